The van der Waals surface area contributed by atoms with Crippen LogP contribution in [0.4, 0.5) is 0 Å². The van der Waals surface area contributed by atoms with Crippen LogP contribution in [0.2, 0.25) is 0 Å². The Morgan fingerprint density at radius 3 is 2.38 bits per heavy atom. The number of aliphatic hydroxyl groups is 1. The van der Waals surface area contributed by atoms with Gasteiger partial charge in [-0.15, -0.1) is 0 Å². The van der Waals surface area contributed by atoms with Crippen LogP contribution in [-0.4, -0.2) is 29.5 Å². The minimum Gasteiger partial charge on any atom is -1.00 e. The molecule has 0 bridgehead atoms. The van der Waals surface area contributed by atoms with Crippen LogP contribution in [0.15, 0.2) is 54.6 Å². The van der Waals surface area contributed by atoms with Gasteiger partial charge in [-0.05, 0) is 35.2 Å². The van der Waals surface area contributed by atoms with E-state index >= 15 is 0 Å². The van der Waals surface area contributed by atoms with E-state index in [0.717, 1.165) is 0 Å². The number of ether oxygens (including phenoxy) is 2. The molecule has 3 unspecified atom stereocenters. The van der Waals surface area contributed by atoms with Crippen molar-refractivity contribution in [2.24, 2.45) is 17.3 Å². The van der Waals surface area contributed by atoms with Gasteiger partial charge in [0.15, 0.2) is 5.44 Å². The number of esters is 1. The number of carbonyl (C=O) groups excluding carboxylic acids is 1. The van der Waals surface area contributed by atoms with Gasteiger partial charge in [-0.2, -0.15) is 8.42 Å². The fourth-order valence-electron chi connectivity index (χ4n) is 3.41. The fraction of sp³-hybridized carbons (Fsp3) is 0.350. The Hall–Kier alpha value is -1.42. The molecule has 3 atom stereocenters. The van der Waals surface area contributed by atoms with Crippen molar-refractivity contribution < 1.29 is 63.3 Å². The van der Waals surface area contributed by atoms with E-state index < -0.39 is 38.8 Å². The van der Waals surface area contributed by atoms with Gasteiger partial charge < -0.3 is 16.0 Å². The third-order valence-corrected chi connectivity index (χ3v) is 5.94. The van der Waals surface area contributed by atoms with Gasteiger partial charge in [0.2, 0.25) is 0 Å². The summed E-state index contributed by atoms with van der Waals surface area (Å²) in [7, 11) is -4.65. The topological polar surface area (TPSA) is 110 Å². The third kappa shape index (κ3) is 5.59. The van der Waals surface area contributed by atoms with E-state index in [4.69, 9.17) is 14.0 Å². The average molecular weight is 430 g/mol. The first-order chi connectivity index (χ1) is 13.1. The molecule has 29 heavy (non-hydrogen) atoms. The predicted molar refractivity (Wildman–Crippen MR) is 102 cm³/mol. The van der Waals surface area contributed by atoms with Crippen LogP contribution >= 0.6 is 0 Å². The molecule has 0 saturated heterocycles. The van der Waals surface area contributed by atoms with Crippen molar-refractivity contribution in [3.05, 3.63) is 60.2 Å². The molecule has 2 aromatic rings. The Kier molecular flexibility index (Phi) is 7.53. The number of carbonyl (C=O) groups is 1. The second-order valence-corrected chi connectivity index (χ2v) is 8.91. The number of para-hydroxylation sites is 1. The molecule has 9 heteroatoms. The molecule has 0 heterocycles. The maximum absolute atomic E-state index is 12.4. The molecule has 0 radical (unpaired) electrons. The predicted octanol–water partition coefficient (Wildman–Crippen LogP) is 0.117. The third-order valence-electron chi connectivity index (χ3n) is 5.04. The van der Waals surface area contributed by atoms with Gasteiger partial charge >= 0.3 is 35.5 Å². The molecular weight excluding hydrogens is 407 g/mol. The Balaban J connectivity index is 0.00000225. The summed E-state index contributed by atoms with van der Waals surface area (Å²) in [5, 5.41) is 9.78. The van der Waals surface area contributed by atoms with Gasteiger partial charge in [0, 0.05) is 5.92 Å². The molecule has 2 N–H and O–H groups in total. The van der Waals surface area contributed by atoms with E-state index in [1.807, 2.05) is 30.3 Å². The molecule has 1 aliphatic carbocycles. The van der Waals surface area contributed by atoms with Gasteiger partial charge in [-0.25, -0.2) is 0 Å². The smallest absolute Gasteiger partial charge is 1.00 e. The van der Waals surface area contributed by atoms with Crippen molar-refractivity contribution in [3.63, 3.8) is 0 Å². The molecule has 0 aliphatic heterocycles. The van der Waals surface area contributed by atoms with Crippen LogP contribution in [0, 0.1) is 17.3 Å². The molecule has 1 saturated carbocycles. The summed E-state index contributed by atoms with van der Waals surface area (Å²) in [6.45, 7) is 3.27. The molecule has 0 aromatic heterocycles. The van der Waals surface area contributed by atoms with Crippen LogP contribution in [-0.2, 0) is 26.3 Å². The van der Waals surface area contributed by atoms with Crippen molar-refractivity contribution in [1.29, 1.82) is 0 Å². The number of hydrogen-bond acceptors (Lipinski definition) is 6. The maximum atomic E-state index is 12.4. The van der Waals surface area contributed by atoms with E-state index in [-0.39, 0.29) is 37.6 Å². The average Bonchev–Trinajstić information content (AvgIpc) is 3.21. The molecule has 1 fully saturated rings. The summed E-state index contributed by atoms with van der Waals surface area (Å²) in [5.74, 6) is -1.08. The van der Waals surface area contributed by atoms with Gasteiger partial charge in [-0.1, -0.05) is 44.2 Å². The standard InChI is InChI=1S/C20H22O7S.Na.H/c1-20(2)16(17(20)19(22)28(23,24)25)18(21)26-12-13-7-6-10-15(11-13)27-14-8-4-3-5-9-14;;/h3-11,16-17,19,22H,12H2,1-2H3,(H,23,24,25);;/q;+1;-1. The van der Waals surface area contributed by atoms with Gasteiger partial charge in [-0.3, -0.25) is 9.35 Å². The second-order valence-electron chi connectivity index (χ2n) is 7.40. The van der Waals surface area contributed by atoms with Crippen LogP contribution in [0.5, 0.6) is 11.5 Å². The minimum atomic E-state index is -4.65. The Morgan fingerprint density at radius 1 is 1.14 bits per heavy atom. The van der Waals surface area contributed by atoms with Crippen LogP contribution < -0.4 is 34.3 Å². The van der Waals surface area contributed by atoms with Crippen molar-refractivity contribution in [1.82, 2.24) is 0 Å². The molecule has 1 aliphatic rings. The molecule has 3 rings (SSSR count). The van der Waals surface area contributed by atoms with E-state index in [2.05, 4.69) is 0 Å². The van der Waals surface area contributed by atoms with Crippen molar-refractivity contribution in [2.75, 3.05) is 0 Å². The second kappa shape index (κ2) is 9.16. The number of hydrogen-bond donors (Lipinski definition) is 2. The normalized spacial score (nSPS) is 20.8. The van der Waals surface area contributed by atoms with Crippen LogP contribution in [0.25, 0.3) is 0 Å². The Morgan fingerprint density at radius 2 is 1.76 bits per heavy atom. The zero-order valence-corrected chi connectivity index (χ0v) is 19.3. The molecule has 0 spiro atoms. The zero-order chi connectivity index (χ0) is 20.5. The first-order valence-corrected chi connectivity index (χ1v) is 10.2. The first-order valence-electron chi connectivity index (χ1n) is 8.73. The number of rotatable bonds is 7. The SMILES string of the molecule is CC1(C)C(C(=O)OCc2cccc(Oc3ccccc3)c2)C1C(O)S(=O)(=O)O.[H-].[Na+]. The van der Waals surface area contributed by atoms with E-state index in [0.29, 0.717) is 17.1 Å². The molecule has 0 amide bonds. The quantitative estimate of drug-likeness (QED) is 0.365. The molecule has 152 valence electrons. The van der Waals surface area contributed by atoms with Crippen molar-refractivity contribution >= 4 is 16.1 Å². The number of aliphatic hydroxyl groups excluding tert-OH is 1. The van der Waals surface area contributed by atoms with Crippen molar-refractivity contribution in [2.45, 2.75) is 25.9 Å². The van der Waals surface area contributed by atoms with Crippen molar-refractivity contribution in [3.8, 4) is 11.5 Å². The van der Waals surface area contributed by atoms with E-state index in [1.54, 1.807) is 38.1 Å². The zero-order valence-electron chi connectivity index (χ0n) is 17.5. The van der Waals surface area contributed by atoms with Crippen LogP contribution in [0.3, 0.4) is 0 Å². The summed E-state index contributed by atoms with van der Waals surface area (Å²) in [4.78, 5) is 12.4. The molecule has 7 nitrogen and oxygen atoms in total. The summed E-state index contributed by atoms with van der Waals surface area (Å²) in [6.07, 6.45) is 0. The summed E-state index contributed by atoms with van der Waals surface area (Å²) >= 11 is 0. The van der Waals surface area contributed by atoms with Crippen LogP contribution in [0.1, 0.15) is 20.8 Å². The maximum Gasteiger partial charge on any atom is 1.00 e. The first kappa shape index (κ1) is 23.9. The monoisotopic (exact) mass is 430 g/mol. The van der Waals surface area contributed by atoms with Gasteiger partial charge in [0.05, 0.1) is 5.92 Å². The Labute approximate surface area is 193 Å². The summed E-state index contributed by atoms with van der Waals surface area (Å²) in [5.41, 5.74) is -2.10. The summed E-state index contributed by atoms with van der Waals surface area (Å²) < 4.78 is 42.4. The molecule has 2 aromatic carbocycles. The molecular formula is C20H23NaO7S. The van der Waals surface area contributed by atoms with Gasteiger partial charge in [0.1, 0.15) is 18.1 Å². The minimum absolute atomic E-state index is 0. The largest absolute Gasteiger partial charge is 1.00 e. The van der Waals surface area contributed by atoms with E-state index in [9.17, 15) is 18.3 Å². The Bertz CT molecular complexity index is 966. The fourth-order valence-corrected chi connectivity index (χ4v) is 4.29. The van der Waals surface area contributed by atoms with Gasteiger partial charge in [0.25, 0.3) is 10.1 Å². The van der Waals surface area contributed by atoms with E-state index in [1.165, 1.54) is 0 Å². The summed E-state index contributed by atoms with van der Waals surface area (Å²) in [6, 6.07) is 16.3. The number of benzene rings is 2.